The van der Waals surface area contributed by atoms with Gasteiger partial charge in [-0.1, -0.05) is 29.8 Å². The zero-order chi connectivity index (χ0) is 20.4. The van der Waals surface area contributed by atoms with Crippen LogP contribution in [0.1, 0.15) is 16.7 Å². The predicted molar refractivity (Wildman–Crippen MR) is 111 cm³/mol. The number of amides is 3. The molecule has 0 unspecified atom stereocenters. The summed E-state index contributed by atoms with van der Waals surface area (Å²) in [6, 6.07) is 16.9. The summed E-state index contributed by atoms with van der Waals surface area (Å²) in [6.45, 7) is 2.24. The Hall–Kier alpha value is -3.80. The number of hydrogen-bond donors (Lipinski definition) is 1. The van der Waals surface area contributed by atoms with Gasteiger partial charge in [-0.25, -0.2) is 4.79 Å². The molecule has 3 amide bonds. The number of aromatic nitrogens is 1. The van der Waals surface area contributed by atoms with Crippen molar-refractivity contribution in [1.29, 1.82) is 0 Å². The fourth-order valence-corrected chi connectivity index (χ4v) is 3.17. The van der Waals surface area contributed by atoms with Crippen molar-refractivity contribution >= 4 is 18.0 Å². The van der Waals surface area contributed by atoms with Gasteiger partial charge >= 0.3 is 6.03 Å². The van der Waals surface area contributed by atoms with Crippen LogP contribution in [0.25, 0.3) is 11.8 Å². The van der Waals surface area contributed by atoms with Crippen molar-refractivity contribution in [2.45, 2.75) is 13.5 Å². The molecule has 0 atom stereocenters. The van der Waals surface area contributed by atoms with Crippen molar-refractivity contribution in [3.8, 4) is 11.4 Å². The van der Waals surface area contributed by atoms with Gasteiger partial charge in [0.1, 0.15) is 11.4 Å². The molecule has 6 heteroatoms. The molecule has 0 aliphatic carbocycles. The second kappa shape index (κ2) is 7.67. The lowest BCUT2D eigenvalue weighted by molar-refractivity contribution is -0.123. The number of nitrogens with zero attached hydrogens (tertiary/aromatic N) is 2. The van der Waals surface area contributed by atoms with Crippen molar-refractivity contribution in [2.75, 3.05) is 7.11 Å². The average molecular weight is 387 g/mol. The van der Waals surface area contributed by atoms with E-state index in [-0.39, 0.29) is 18.1 Å². The third-order valence-corrected chi connectivity index (χ3v) is 4.82. The van der Waals surface area contributed by atoms with E-state index < -0.39 is 6.03 Å². The van der Waals surface area contributed by atoms with Crippen molar-refractivity contribution in [1.82, 2.24) is 14.8 Å². The summed E-state index contributed by atoms with van der Waals surface area (Å²) in [5, 5.41) is 2.67. The first kappa shape index (κ1) is 18.6. The third kappa shape index (κ3) is 3.91. The van der Waals surface area contributed by atoms with Crippen LogP contribution < -0.4 is 10.1 Å². The fourth-order valence-electron chi connectivity index (χ4n) is 3.17. The van der Waals surface area contributed by atoms with Crippen LogP contribution in [0.2, 0.25) is 0 Å². The molecular formula is C23H21N3O3. The Balaban J connectivity index is 1.51. The Morgan fingerprint density at radius 1 is 1.00 bits per heavy atom. The molecule has 4 rings (SSSR count). The lowest BCUT2D eigenvalue weighted by atomic mass is 10.1. The van der Waals surface area contributed by atoms with Crippen LogP contribution in [0.3, 0.4) is 0 Å². The molecule has 1 aliphatic rings. The lowest BCUT2D eigenvalue weighted by Crippen LogP contribution is -2.30. The van der Waals surface area contributed by atoms with Gasteiger partial charge in [0.2, 0.25) is 0 Å². The van der Waals surface area contributed by atoms with E-state index in [0.29, 0.717) is 0 Å². The number of urea groups is 1. The van der Waals surface area contributed by atoms with Crippen LogP contribution in [0.5, 0.6) is 5.75 Å². The van der Waals surface area contributed by atoms with Gasteiger partial charge in [0.05, 0.1) is 13.7 Å². The van der Waals surface area contributed by atoms with Crippen LogP contribution in [0, 0.1) is 6.92 Å². The molecule has 1 saturated heterocycles. The van der Waals surface area contributed by atoms with Gasteiger partial charge in [-0.2, -0.15) is 0 Å². The highest BCUT2D eigenvalue weighted by Crippen LogP contribution is 2.20. The summed E-state index contributed by atoms with van der Waals surface area (Å²) in [6.07, 6.45) is 5.49. The minimum absolute atomic E-state index is 0.245. The normalized spacial score (nSPS) is 15.1. The molecule has 3 aromatic rings. The SMILES string of the molecule is COc1ccc(-n2ccc(/C=C3/NC(=O)N(Cc4ccc(C)cc4)C3=O)c2)cc1. The van der Waals surface area contributed by atoms with E-state index in [1.54, 1.807) is 13.2 Å². The number of ether oxygens (including phenoxy) is 1. The molecule has 1 aliphatic heterocycles. The predicted octanol–water partition coefficient (Wildman–Crippen LogP) is 3.89. The highest BCUT2D eigenvalue weighted by Gasteiger charge is 2.33. The van der Waals surface area contributed by atoms with E-state index in [1.807, 2.05) is 78.5 Å². The third-order valence-electron chi connectivity index (χ3n) is 4.82. The van der Waals surface area contributed by atoms with Crippen LogP contribution >= 0.6 is 0 Å². The monoisotopic (exact) mass is 387 g/mol. The first-order valence-electron chi connectivity index (χ1n) is 9.26. The summed E-state index contributed by atoms with van der Waals surface area (Å²) >= 11 is 0. The molecule has 29 heavy (non-hydrogen) atoms. The van der Waals surface area contributed by atoms with Gasteiger partial charge in [0, 0.05) is 18.1 Å². The van der Waals surface area contributed by atoms with E-state index in [0.717, 1.165) is 28.1 Å². The van der Waals surface area contributed by atoms with Crippen molar-refractivity contribution in [3.63, 3.8) is 0 Å². The van der Waals surface area contributed by atoms with Crippen LogP contribution in [-0.4, -0.2) is 28.5 Å². The minimum Gasteiger partial charge on any atom is -0.497 e. The lowest BCUT2D eigenvalue weighted by Gasteiger charge is -2.11. The highest BCUT2D eigenvalue weighted by molar-refractivity contribution is 6.13. The number of aryl methyl sites for hydroxylation is 1. The molecule has 0 bridgehead atoms. The zero-order valence-electron chi connectivity index (χ0n) is 16.3. The number of carbonyl (C=O) groups is 2. The highest BCUT2D eigenvalue weighted by atomic mass is 16.5. The van der Waals surface area contributed by atoms with E-state index >= 15 is 0 Å². The number of rotatable bonds is 5. The molecular weight excluding hydrogens is 366 g/mol. The van der Waals surface area contributed by atoms with Crippen LogP contribution in [0.4, 0.5) is 4.79 Å². The summed E-state index contributed by atoms with van der Waals surface area (Å²) < 4.78 is 7.12. The van der Waals surface area contributed by atoms with Crippen molar-refractivity contribution in [2.24, 2.45) is 0 Å². The summed E-state index contributed by atoms with van der Waals surface area (Å²) in [7, 11) is 1.63. The molecule has 1 N–H and O–H groups in total. The van der Waals surface area contributed by atoms with E-state index in [4.69, 9.17) is 4.74 Å². The quantitative estimate of drug-likeness (QED) is 0.534. The van der Waals surface area contributed by atoms with Crippen molar-refractivity contribution in [3.05, 3.63) is 89.4 Å². The maximum absolute atomic E-state index is 12.7. The van der Waals surface area contributed by atoms with Crippen molar-refractivity contribution < 1.29 is 14.3 Å². The Kier molecular flexibility index (Phi) is 4.91. The second-order valence-electron chi connectivity index (χ2n) is 6.92. The molecule has 1 fully saturated rings. The Morgan fingerprint density at radius 3 is 2.41 bits per heavy atom. The molecule has 2 aromatic carbocycles. The molecule has 0 saturated carbocycles. The topological polar surface area (TPSA) is 63.6 Å². The number of methoxy groups -OCH3 is 1. The van der Waals surface area contributed by atoms with Gasteiger partial charge in [-0.15, -0.1) is 0 Å². The van der Waals surface area contributed by atoms with Crippen LogP contribution in [-0.2, 0) is 11.3 Å². The van der Waals surface area contributed by atoms with Gasteiger partial charge in [0.15, 0.2) is 0 Å². The zero-order valence-corrected chi connectivity index (χ0v) is 16.3. The van der Waals surface area contributed by atoms with E-state index in [1.165, 1.54) is 4.90 Å². The molecule has 0 radical (unpaired) electrons. The smallest absolute Gasteiger partial charge is 0.329 e. The number of nitrogens with one attached hydrogen (secondary N) is 1. The average Bonchev–Trinajstić information content (AvgIpc) is 3.30. The number of hydrogen-bond acceptors (Lipinski definition) is 3. The summed E-state index contributed by atoms with van der Waals surface area (Å²) in [4.78, 5) is 26.2. The van der Waals surface area contributed by atoms with E-state index in [2.05, 4.69) is 5.32 Å². The maximum atomic E-state index is 12.7. The summed E-state index contributed by atoms with van der Waals surface area (Å²) in [5.41, 5.74) is 4.10. The van der Waals surface area contributed by atoms with E-state index in [9.17, 15) is 9.59 Å². The Bertz CT molecular complexity index is 1080. The first-order chi connectivity index (χ1) is 14.0. The van der Waals surface area contributed by atoms with Gasteiger partial charge in [-0.3, -0.25) is 9.69 Å². The molecule has 1 aromatic heterocycles. The standard InChI is InChI=1S/C23H21N3O3/c1-16-3-5-17(6-4-16)15-26-22(27)21(24-23(26)28)13-18-11-12-25(14-18)19-7-9-20(29-2)10-8-19/h3-14H,15H2,1-2H3,(H,24,28)/b21-13+. The Labute approximate surface area is 169 Å². The number of imide groups is 1. The Morgan fingerprint density at radius 2 is 1.72 bits per heavy atom. The number of benzene rings is 2. The van der Waals surface area contributed by atoms with Gasteiger partial charge < -0.3 is 14.6 Å². The van der Waals surface area contributed by atoms with Crippen LogP contribution in [0.15, 0.2) is 72.7 Å². The molecule has 0 spiro atoms. The summed E-state index contributed by atoms with van der Waals surface area (Å²) in [5.74, 6) is 0.462. The van der Waals surface area contributed by atoms with Gasteiger partial charge in [-0.05, 0) is 54.5 Å². The molecule has 146 valence electrons. The minimum atomic E-state index is -0.406. The number of carbonyl (C=O) groups excluding carboxylic acids is 2. The van der Waals surface area contributed by atoms with Gasteiger partial charge in [0.25, 0.3) is 5.91 Å². The largest absolute Gasteiger partial charge is 0.497 e. The maximum Gasteiger partial charge on any atom is 0.329 e. The molecule has 6 nitrogen and oxygen atoms in total. The fraction of sp³-hybridized carbons (Fsp3) is 0.130. The first-order valence-corrected chi connectivity index (χ1v) is 9.26. The second-order valence-corrected chi connectivity index (χ2v) is 6.92. The molecule has 2 heterocycles.